The summed E-state index contributed by atoms with van der Waals surface area (Å²) < 4.78 is 51.4. The number of halogens is 4. The van der Waals surface area contributed by atoms with Crippen LogP contribution in [0.4, 0.5) is 17.6 Å². The molecule has 0 heterocycles. The highest BCUT2D eigenvalue weighted by molar-refractivity contribution is 5.94. The molecule has 2 nitrogen and oxygen atoms in total. The normalized spacial score (nSPS) is 16.2. The van der Waals surface area contributed by atoms with E-state index in [1.165, 1.54) is 29.2 Å². The van der Waals surface area contributed by atoms with Crippen molar-refractivity contribution in [1.29, 1.82) is 0 Å². The second kappa shape index (κ2) is 7.15. The second-order valence-corrected chi connectivity index (χ2v) is 5.83. The molecule has 1 aliphatic rings. The van der Waals surface area contributed by atoms with Gasteiger partial charge < -0.3 is 4.90 Å². The van der Waals surface area contributed by atoms with Crippen LogP contribution >= 0.6 is 0 Å². The van der Waals surface area contributed by atoms with E-state index >= 15 is 0 Å². The van der Waals surface area contributed by atoms with Crippen LogP contribution in [-0.2, 0) is 11.3 Å². The fraction of sp³-hybridized carbons (Fsp3) is 0.471. The van der Waals surface area contributed by atoms with Crippen LogP contribution in [0.25, 0.3) is 0 Å². The van der Waals surface area contributed by atoms with E-state index in [-0.39, 0.29) is 12.6 Å². The molecule has 0 bridgehead atoms. The van der Waals surface area contributed by atoms with Gasteiger partial charge in [-0.05, 0) is 30.5 Å². The summed E-state index contributed by atoms with van der Waals surface area (Å²) in [6.45, 7) is 2.95. The molecule has 1 aromatic rings. The average molecular weight is 329 g/mol. The molecule has 0 N–H and O–H groups in total. The number of alkyl halides is 3. The van der Waals surface area contributed by atoms with Crippen LogP contribution < -0.4 is 0 Å². The summed E-state index contributed by atoms with van der Waals surface area (Å²) in [5.74, 6) is -1.52. The van der Waals surface area contributed by atoms with Crippen molar-refractivity contribution >= 4 is 5.91 Å². The third-order valence-corrected chi connectivity index (χ3v) is 4.14. The average Bonchev–Trinajstić information content (AvgIpc) is 2.53. The molecule has 1 aromatic carbocycles. The molecule has 0 radical (unpaired) electrons. The van der Waals surface area contributed by atoms with E-state index in [0.717, 1.165) is 19.3 Å². The maximum Gasteiger partial charge on any atom is 0.421 e. The number of hydrogen-bond acceptors (Lipinski definition) is 1. The van der Waals surface area contributed by atoms with Gasteiger partial charge in [0.25, 0.3) is 5.91 Å². The second-order valence-electron chi connectivity index (χ2n) is 5.83. The van der Waals surface area contributed by atoms with Crippen LogP contribution in [0.5, 0.6) is 0 Å². The Morgan fingerprint density at radius 2 is 1.70 bits per heavy atom. The lowest BCUT2D eigenvalue weighted by Crippen LogP contribution is -2.43. The van der Waals surface area contributed by atoms with Crippen molar-refractivity contribution in [1.82, 2.24) is 4.90 Å². The van der Waals surface area contributed by atoms with Gasteiger partial charge in [0.2, 0.25) is 0 Å². The molecule has 23 heavy (non-hydrogen) atoms. The SMILES string of the molecule is C=C(C(=O)N(Cc1ccc(F)cc1)C1CCCCC1)C(F)(F)F. The highest BCUT2D eigenvalue weighted by Crippen LogP contribution is 2.30. The molecule has 6 heteroatoms. The zero-order valence-electron chi connectivity index (χ0n) is 12.7. The first-order chi connectivity index (χ1) is 10.8. The number of rotatable bonds is 4. The summed E-state index contributed by atoms with van der Waals surface area (Å²) in [6.07, 6.45) is -0.592. The smallest absolute Gasteiger partial charge is 0.331 e. The lowest BCUT2D eigenvalue weighted by atomic mass is 9.93. The molecule has 1 fully saturated rings. The Morgan fingerprint density at radius 3 is 2.22 bits per heavy atom. The van der Waals surface area contributed by atoms with Crippen LogP contribution in [0.2, 0.25) is 0 Å². The predicted molar refractivity (Wildman–Crippen MR) is 79.0 cm³/mol. The molecule has 1 amide bonds. The van der Waals surface area contributed by atoms with E-state index < -0.39 is 23.5 Å². The first-order valence-corrected chi connectivity index (χ1v) is 7.60. The third kappa shape index (κ3) is 4.56. The summed E-state index contributed by atoms with van der Waals surface area (Å²) in [4.78, 5) is 13.5. The Hall–Kier alpha value is -1.85. The van der Waals surface area contributed by atoms with Crippen LogP contribution in [-0.4, -0.2) is 23.0 Å². The van der Waals surface area contributed by atoms with Crippen LogP contribution in [0.15, 0.2) is 36.4 Å². The first-order valence-electron chi connectivity index (χ1n) is 7.60. The third-order valence-electron chi connectivity index (χ3n) is 4.14. The van der Waals surface area contributed by atoms with Crippen molar-refractivity contribution in [2.45, 2.75) is 50.9 Å². The molecule has 1 aliphatic carbocycles. The number of carbonyl (C=O) groups is 1. The molecule has 0 saturated heterocycles. The number of benzene rings is 1. The maximum atomic E-state index is 13.0. The van der Waals surface area contributed by atoms with Gasteiger partial charge in [0.15, 0.2) is 0 Å². The summed E-state index contributed by atoms with van der Waals surface area (Å²) >= 11 is 0. The number of carbonyl (C=O) groups excluding carboxylic acids is 1. The quantitative estimate of drug-likeness (QED) is 0.584. The Kier molecular flexibility index (Phi) is 5.44. The van der Waals surface area contributed by atoms with Gasteiger partial charge >= 0.3 is 6.18 Å². The van der Waals surface area contributed by atoms with Crippen molar-refractivity contribution in [3.8, 4) is 0 Å². The molecule has 0 unspecified atom stereocenters. The molecule has 126 valence electrons. The fourth-order valence-electron chi connectivity index (χ4n) is 2.84. The minimum absolute atomic E-state index is 0.0267. The number of amides is 1. The molecule has 1 saturated carbocycles. The van der Waals surface area contributed by atoms with Gasteiger partial charge in [-0.1, -0.05) is 38.0 Å². The van der Waals surface area contributed by atoms with Crippen molar-refractivity contribution in [3.05, 3.63) is 47.8 Å². The van der Waals surface area contributed by atoms with E-state index in [1.807, 2.05) is 0 Å². The monoisotopic (exact) mass is 329 g/mol. The van der Waals surface area contributed by atoms with Gasteiger partial charge in [-0.2, -0.15) is 13.2 Å². The number of nitrogens with zero attached hydrogens (tertiary/aromatic N) is 1. The lowest BCUT2D eigenvalue weighted by molar-refractivity contribution is -0.142. The Balaban J connectivity index is 2.22. The van der Waals surface area contributed by atoms with Crippen molar-refractivity contribution in [3.63, 3.8) is 0 Å². The highest BCUT2D eigenvalue weighted by atomic mass is 19.4. The predicted octanol–water partition coefficient (Wildman–Crippen LogP) is 4.61. The van der Waals surface area contributed by atoms with Crippen molar-refractivity contribution < 1.29 is 22.4 Å². The van der Waals surface area contributed by atoms with Gasteiger partial charge in [0, 0.05) is 12.6 Å². The molecule has 0 aliphatic heterocycles. The maximum absolute atomic E-state index is 13.0. The largest absolute Gasteiger partial charge is 0.421 e. The summed E-state index contributed by atoms with van der Waals surface area (Å²) in [7, 11) is 0. The molecular formula is C17H19F4NO. The minimum atomic E-state index is -4.74. The zero-order valence-corrected chi connectivity index (χ0v) is 12.7. The van der Waals surface area contributed by atoms with Gasteiger partial charge in [-0.25, -0.2) is 4.39 Å². The molecule has 2 rings (SSSR count). The zero-order chi connectivity index (χ0) is 17.0. The van der Waals surface area contributed by atoms with Gasteiger partial charge in [0.05, 0.1) is 0 Å². The number of hydrogen-bond donors (Lipinski definition) is 0. The highest BCUT2D eigenvalue weighted by Gasteiger charge is 2.40. The van der Waals surface area contributed by atoms with E-state index in [4.69, 9.17) is 0 Å². The summed E-state index contributed by atoms with van der Waals surface area (Å²) in [6, 6.07) is 5.19. The van der Waals surface area contributed by atoms with Crippen LogP contribution in [0.3, 0.4) is 0 Å². The fourth-order valence-corrected chi connectivity index (χ4v) is 2.84. The minimum Gasteiger partial charge on any atom is -0.331 e. The summed E-state index contributed by atoms with van der Waals surface area (Å²) in [5, 5.41) is 0. The van der Waals surface area contributed by atoms with Gasteiger partial charge in [0.1, 0.15) is 11.4 Å². The van der Waals surface area contributed by atoms with E-state index in [0.29, 0.717) is 18.4 Å². The Labute approximate surface area is 132 Å². The first kappa shape index (κ1) is 17.5. The Morgan fingerprint density at radius 1 is 1.13 bits per heavy atom. The molecular weight excluding hydrogens is 310 g/mol. The van der Waals surface area contributed by atoms with Gasteiger partial charge in [-0.15, -0.1) is 0 Å². The molecule has 0 atom stereocenters. The van der Waals surface area contributed by atoms with Crippen LogP contribution in [0, 0.1) is 5.82 Å². The molecule has 0 aromatic heterocycles. The van der Waals surface area contributed by atoms with Crippen molar-refractivity contribution in [2.75, 3.05) is 0 Å². The topological polar surface area (TPSA) is 20.3 Å². The molecule has 0 spiro atoms. The van der Waals surface area contributed by atoms with E-state index in [9.17, 15) is 22.4 Å². The Bertz CT molecular complexity index is 559. The summed E-state index contributed by atoms with van der Waals surface area (Å²) in [5.41, 5.74) is -0.759. The van der Waals surface area contributed by atoms with E-state index in [1.54, 1.807) is 0 Å². The van der Waals surface area contributed by atoms with E-state index in [2.05, 4.69) is 6.58 Å². The lowest BCUT2D eigenvalue weighted by Gasteiger charge is -2.35. The van der Waals surface area contributed by atoms with Gasteiger partial charge in [-0.3, -0.25) is 4.79 Å². The van der Waals surface area contributed by atoms with Crippen LogP contribution in [0.1, 0.15) is 37.7 Å². The standard InChI is InChI=1S/C17H19F4NO/c1-12(17(19,20)21)16(23)22(15-5-3-2-4-6-15)11-13-7-9-14(18)10-8-13/h7-10,15H,1-6,11H2. The van der Waals surface area contributed by atoms with Crippen molar-refractivity contribution in [2.24, 2.45) is 0 Å².